The summed E-state index contributed by atoms with van der Waals surface area (Å²) >= 11 is 0. The summed E-state index contributed by atoms with van der Waals surface area (Å²) in [7, 11) is -2.61. The minimum atomic E-state index is -2.61. The number of fused-ring (bicyclic) bond motifs is 1. The summed E-state index contributed by atoms with van der Waals surface area (Å²) < 4.78 is 19.3. The fraction of sp³-hybridized carbons (Fsp3) is 0.510. The van der Waals surface area contributed by atoms with Gasteiger partial charge in [-0.05, 0) is 130 Å². The van der Waals surface area contributed by atoms with Crippen molar-refractivity contribution in [3.63, 3.8) is 0 Å². The molecule has 0 aliphatic carbocycles. The van der Waals surface area contributed by atoms with E-state index in [-0.39, 0.29) is 11.6 Å². The van der Waals surface area contributed by atoms with Crippen molar-refractivity contribution in [3.8, 4) is 0 Å². The highest BCUT2D eigenvalue weighted by Gasteiger charge is 2.47. The van der Waals surface area contributed by atoms with Crippen LogP contribution in [0, 0.1) is 13.8 Å². The standard InChI is InChI=1S/C49H69NO6Si/c1-37-28-29-39(34-38(37)2)22-17-13-21-33-53-44(45(47(52)55-48(3,4)5)56-57(9,10)49(6,7)8)46(51)50(54-36-41-24-14-11-15-25-41)32-20-12-16-23-40-30-31-42-26-18-19-27-43(42)35-40/h11,14-15,18-19,24-31,34-35,44-45H,12-13,16-17,20-23,32-33,36H2,1-10H3/t44-,45-/m1/s1. The topological polar surface area (TPSA) is 74.3 Å². The monoisotopic (exact) mass is 795 g/mol. The number of esters is 1. The molecule has 2 atom stereocenters. The number of aryl methyl sites for hydroxylation is 4. The van der Waals surface area contributed by atoms with Crippen molar-refractivity contribution < 1.29 is 28.3 Å². The number of hydrogen-bond acceptors (Lipinski definition) is 6. The number of unbranched alkanes of at least 4 members (excludes halogenated alkanes) is 4. The number of carbonyl (C=O) groups excluding carboxylic acids is 2. The zero-order valence-electron chi connectivity index (χ0n) is 36.5. The van der Waals surface area contributed by atoms with Crippen LogP contribution in [0.3, 0.4) is 0 Å². The Kier molecular flexibility index (Phi) is 17.1. The third-order valence-electron chi connectivity index (χ3n) is 11.0. The Bertz CT molecular complexity index is 1860. The molecule has 8 heteroatoms. The molecule has 0 bridgehead atoms. The highest BCUT2D eigenvalue weighted by Crippen LogP contribution is 2.38. The fourth-order valence-electron chi connectivity index (χ4n) is 6.42. The van der Waals surface area contributed by atoms with Crippen LogP contribution in [-0.2, 0) is 47.8 Å². The Balaban J connectivity index is 1.53. The first-order valence-corrected chi connectivity index (χ1v) is 23.9. The van der Waals surface area contributed by atoms with Crippen LogP contribution in [0.1, 0.15) is 108 Å². The van der Waals surface area contributed by atoms with E-state index in [0.717, 1.165) is 56.9 Å². The maximum atomic E-state index is 14.9. The highest BCUT2D eigenvalue weighted by molar-refractivity contribution is 6.74. The molecule has 0 spiro atoms. The van der Waals surface area contributed by atoms with E-state index in [1.54, 1.807) is 0 Å². The number of hydroxylamine groups is 2. The number of carbonyl (C=O) groups is 2. The average Bonchev–Trinajstić information content (AvgIpc) is 3.15. The van der Waals surface area contributed by atoms with Gasteiger partial charge in [-0.3, -0.25) is 9.63 Å². The van der Waals surface area contributed by atoms with Gasteiger partial charge in [0, 0.05) is 13.2 Å². The summed E-state index contributed by atoms with van der Waals surface area (Å²) in [4.78, 5) is 35.4. The largest absolute Gasteiger partial charge is 0.458 e. The quantitative estimate of drug-likeness (QED) is 0.0362. The zero-order valence-corrected chi connectivity index (χ0v) is 37.5. The molecule has 0 unspecified atom stereocenters. The summed E-state index contributed by atoms with van der Waals surface area (Å²) in [5.74, 6) is -1.02. The van der Waals surface area contributed by atoms with Gasteiger partial charge in [0.05, 0.1) is 0 Å². The van der Waals surface area contributed by atoms with Gasteiger partial charge >= 0.3 is 5.97 Å². The molecule has 310 valence electrons. The number of ether oxygens (including phenoxy) is 2. The van der Waals surface area contributed by atoms with Crippen LogP contribution in [0.2, 0.25) is 18.1 Å². The average molecular weight is 796 g/mol. The molecular formula is C49H69NO6Si. The summed E-state index contributed by atoms with van der Waals surface area (Å²) in [6.45, 7) is 21.1. The summed E-state index contributed by atoms with van der Waals surface area (Å²) in [6.07, 6.45) is 4.63. The second kappa shape index (κ2) is 21.3. The second-order valence-electron chi connectivity index (χ2n) is 18.0. The van der Waals surface area contributed by atoms with Crippen molar-refractivity contribution in [1.82, 2.24) is 5.06 Å². The smallest absolute Gasteiger partial charge is 0.337 e. The van der Waals surface area contributed by atoms with E-state index in [1.807, 2.05) is 51.1 Å². The van der Waals surface area contributed by atoms with Crippen LogP contribution in [0.25, 0.3) is 10.8 Å². The molecule has 4 rings (SSSR count). The van der Waals surface area contributed by atoms with Crippen LogP contribution in [0.4, 0.5) is 0 Å². The Labute approximate surface area is 344 Å². The van der Waals surface area contributed by atoms with Gasteiger partial charge in [-0.15, -0.1) is 0 Å². The predicted octanol–water partition coefficient (Wildman–Crippen LogP) is 11.7. The first-order chi connectivity index (χ1) is 26.9. The van der Waals surface area contributed by atoms with Crippen molar-refractivity contribution in [2.24, 2.45) is 0 Å². The molecule has 0 aliphatic rings. The number of nitrogens with zero attached hydrogens (tertiary/aromatic N) is 1. The predicted molar refractivity (Wildman–Crippen MR) is 236 cm³/mol. The summed E-state index contributed by atoms with van der Waals surface area (Å²) in [5, 5.41) is 3.67. The lowest BCUT2D eigenvalue weighted by Gasteiger charge is -2.41. The van der Waals surface area contributed by atoms with Gasteiger partial charge in [0.2, 0.25) is 0 Å². The molecule has 0 aromatic heterocycles. The Hall–Kier alpha value is -3.82. The third-order valence-corrected chi connectivity index (χ3v) is 15.4. The van der Waals surface area contributed by atoms with Crippen LogP contribution in [0.15, 0.2) is 91.0 Å². The maximum Gasteiger partial charge on any atom is 0.337 e. The van der Waals surface area contributed by atoms with E-state index in [0.29, 0.717) is 13.2 Å². The summed E-state index contributed by atoms with van der Waals surface area (Å²) in [6, 6.07) is 31.5. The van der Waals surface area contributed by atoms with Gasteiger partial charge in [0.1, 0.15) is 12.2 Å². The van der Waals surface area contributed by atoms with Gasteiger partial charge < -0.3 is 13.9 Å². The van der Waals surface area contributed by atoms with Gasteiger partial charge in [-0.2, -0.15) is 0 Å². The number of hydrogen-bond donors (Lipinski definition) is 0. The minimum Gasteiger partial charge on any atom is -0.458 e. The molecule has 0 saturated carbocycles. The fourth-order valence-corrected chi connectivity index (χ4v) is 7.62. The zero-order chi connectivity index (χ0) is 41.6. The van der Waals surface area contributed by atoms with Crippen molar-refractivity contribution in [2.45, 2.75) is 149 Å². The van der Waals surface area contributed by atoms with Gasteiger partial charge in [0.25, 0.3) is 5.91 Å². The van der Waals surface area contributed by atoms with Crippen LogP contribution in [-0.4, -0.2) is 56.2 Å². The number of benzene rings is 4. The van der Waals surface area contributed by atoms with E-state index in [1.165, 1.54) is 38.1 Å². The number of rotatable bonds is 21. The first kappa shape index (κ1) is 45.9. The van der Waals surface area contributed by atoms with Crippen molar-refractivity contribution in [2.75, 3.05) is 13.2 Å². The Morgan fingerprint density at radius 2 is 1.26 bits per heavy atom. The molecule has 7 nitrogen and oxygen atoms in total. The van der Waals surface area contributed by atoms with E-state index in [4.69, 9.17) is 18.7 Å². The maximum absolute atomic E-state index is 14.9. The molecule has 0 N–H and O–H groups in total. The highest BCUT2D eigenvalue weighted by atomic mass is 28.4. The van der Waals surface area contributed by atoms with E-state index in [2.05, 4.69) is 108 Å². The Morgan fingerprint density at radius 1 is 0.649 bits per heavy atom. The third kappa shape index (κ3) is 14.8. The van der Waals surface area contributed by atoms with Crippen molar-refractivity contribution in [1.29, 1.82) is 0 Å². The number of amides is 1. The lowest BCUT2D eigenvalue weighted by Crippen LogP contribution is -2.56. The van der Waals surface area contributed by atoms with Gasteiger partial charge in [-0.25, -0.2) is 9.86 Å². The van der Waals surface area contributed by atoms with Gasteiger partial charge in [0.15, 0.2) is 20.5 Å². The molecule has 0 fully saturated rings. The van der Waals surface area contributed by atoms with Crippen molar-refractivity contribution in [3.05, 3.63) is 119 Å². The molecule has 0 heterocycles. The van der Waals surface area contributed by atoms with Crippen LogP contribution >= 0.6 is 0 Å². The second-order valence-corrected chi connectivity index (χ2v) is 22.8. The molecule has 0 radical (unpaired) electrons. The molecular weight excluding hydrogens is 727 g/mol. The molecule has 1 amide bonds. The molecule has 4 aromatic carbocycles. The lowest BCUT2D eigenvalue weighted by molar-refractivity contribution is -0.211. The first-order valence-electron chi connectivity index (χ1n) is 21.0. The van der Waals surface area contributed by atoms with Crippen LogP contribution in [0.5, 0.6) is 0 Å². The molecule has 0 saturated heterocycles. The molecule has 0 aliphatic heterocycles. The minimum absolute atomic E-state index is 0.203. The van der Waals surface area contributed by atoms with E-state index in [9.17, 15) is 9.59 Å². The van der Waals surface area contributed by atoms with E-state index >= 15 is 0 Å². The van der Waals surface area contributed by atoms with Crippen molar-refractivity contribution >= 4 is 31.0 Å². The SMILES string of the molecule is Cc1ccc(CCCCCO[C@@H](C(=O)N(CCCCCc2ccc3ccccc3c2)OCc2ccccc2)[C@@H](O[Si](C)(C)C(C)(C)C)C(=O)OC(C)(C)C)cc1C. The van der Waals surface area contributed by atoms with Crippen LogP contribution < -0.4 is 0 Å². The normalized spacial score (nSPS) is 13.4. The molecule has 4 aromatic rings. The molecule has 57 heavy (non-hydrogen) atoms. The van der Waals surface area contributed by atoms with Gasteiger partial charge in [-0.1, -0.05) is 125 Å². The van der Waals surface area contributed by atoms with E-state index < -0.39 is 38.0 Å². The summed E-state index contributed by atoms with van der Waals surface area (Å²) in [5.41, 5.74) is 5.37. The Morgan fingerprint density at radius 3 is 1.91 bits per heavy atom. The lowest BCUT2D eigenvalue weighted by atomic mass is 10.0.